The first-order valence-electron chi connectivity index (χ1n) is 9.94. The van der Waals surface area contributed by atoms with Crippen LogP contribution >= 0.6 is 0 Å². The predicted molar refractivity (Wildman–Crippen MR) is 94.2 cm³/mol. The number of nitrogens with two attached hydrogens (primary N) is 1. The first-order chi connectivity index (χ1) is 11.6. The quantitative estimate of drug-likeness (QED) is 0.854. The van der Waals surface area contributed by atoms with Gasteiger partial charge < -0.3 is 15.5 Å². The van der Waals surface area contributed by atoms with Crippen molar-refractivity contribution in [2.24, 2.45) is 23.5 Å². The Morgan fingerprint density at radius 2 is 1.38 bits per heavy atom. The Bertz CT molecular complexity index is 432. The third kappa shape index (κ3) is 4.50. The van der Waals surface area contributed by atoms with Gasteiger partial charge in [0.05, 0.1) is 0 Å². The highest BCUT2D eigenvalue weighted by Crippen LogP contribution is 2.28. The summed E-state index contributed by atoms with van der Waals surface area (Å²) in [5, 5.41) is 0. The second-order valence-corrected chi connectivity index (χ2v) is 8.08. The smallest absolute Gasteiger partial charge is 0.225 e. The maximum atomic E-state index is 12.7. The molecule has 3 rings (SSSR count). The van der Waals surface area contributed by atoms with Crippen LogP contribution in [0.3, 0.4) is 0 Å². The van der Waals surface area contributed by atoms with Crippen LogP contribution in [0.5, 0.6) is 0 Å². The molecule has 24 heavy (non-hydrogen) atoms. The van der Waals surface area contributed by atoms with Gasteiger partial charge >= 0.3 is 0 Å². The first-order valence-corrected chi connectivity index (χ1v) is 9.94. The average molecular weight is 335 g/mol. The standard InChI is InChI=1S/C19H33N3O2/c20-18(23)16-8-12-22(13-9-16)19(24)17-6-10-21(11-7-17)14-15-4-2-1-3-5-15/h15-17H,1-14H2,(H2,20,23). The highest BCUT2D eigenvalue weighted by atomic mass is 16.2. The summed E-state index contributed by atoms with van der Waals surface area (Å²) >= 11 is 0. The van der Waals surface area contributed by atoms with Crippen molar-refractivity contribution in [3.05, 3.63) is 0 Å². The lowest BCUT2D eigenvalue weighted by atomic mass is 9.87. The molecular formula is C19H33N3O2. The van der Waals surface area contributed by atoms with Crippen molar-refractivity contribution in [3.63, 3.8) is 0 Å². The fourth-order valence-corrected chi connectivity index (χ4v) is 4.74. The molecule has 0 aromatic heterocycles. The van der Waals surface area contributed by atoms with Crippen molar-refractivity contribution < 1.29 is 9.59 Å². The number of carbonyl (C=O) groups excluding carboxylic acids is 2. The van der Waals surface area contributed by atoms with Gasteiger partial charge in [-0.15, -0.1) is 0 Å². The molecule has 2 amide bonds. The molecule has 2 aliphatic heterocycles. The van der Waals surface area contributed by atoms with Crippen LogP contribution in [0, 0.1) is 17.8 Å². The van der Waals surface area contributed by atoms with Crippen molar-refractivity contribution in [1.29, 1.82) is 0 Å². The van der Waals surface area contributed by atoms with Crippen molar-refractivity contribution in [2.45, 2.75) is 57.8 Å². The second kappa shape index (κ2) is 8.32. The largest absolute Gasteiger partial charge is 0.369 e. The Morgan fingerprint density at radius 3 is 1.96 bits per heavy atom. The summed E-state index contributed by atoms with van der Waals surface area (Å²) in [4.78, 5) is 28.5. The highest BCUT2D eigenvalue weighted by molar-refractivity contribution is 5.80. The molecule has 1 aliphatic carbocycles. The Balaban J connectivity index is 1.39. The number of primary amides is 1. The number of likely N-dealkylation sites (tertiary alicyclic amines) is 2. The summed E-state index contributed by atoms with van der Waals surface area (Å²) in [6.45, 7) is 4.80. The van der Waals surface area contributed by atoms with Crippen LogP contribution in [0.1, 0.15) is 57.8 Å². The minimum Gasteiger partial charge on any atom is -0.369 e. The fourth-order valence-electron chi connectivity index (χ4n) is 4.74. The van der Waals surface area contributed by atoms with Gasteiger partial charge in [-0.25, -0.2) is 0 Å². The topological polar surface area (TPSA) is 66.6 Å². The van der Waals surface area contributed by atoms with E-state index in [1.807, 2.05) is 4.90 Å². The van der Waals surface area contributed by atoms with Crippen molar-refractivity contribution >= 4 is 11.8 Å². The van der Waals surface area contributed by atoms with E-state index in [1.165, 1.54) is 38.6 Å². The van der Waals surface area contributed by atoms with E-state index in [4.69, 9.17) is 5.73 Å². The first kappa shape index (κ1) is 17.7. The molecule has 0 unspecified atom stereocenters. The van der Waals surface area contributed by atoms with Gasteiger partial charge in [0.15, 0.2) is 0 Å². The van der Waals surface area contributed by atoms with Crippen molar-refractivity contribution in [2.75, 3.05) is 32.7 Å². The van der Waals surface area contributed by atoms with Gasteiger partial charge in [0.1, 0.15) is 0 Å². The summed E-state index contributed by atoms with van der Waals surface area (Å²) in [5.74, 6) is 1.15. The monoisotopic (exact) mass is 335 g/mol. The Labute approximate surface area is 145 Å². The normalized spacial score (nSPS) is 25.8. The molecule has 1 saturated carbocycles. The molecule has 3 aliphatic rings. The van der Waals surface area contributed by atoms with Gasteiger partial charge in [-0.3, -0.25) is 9.59 Å². The Kier molecular flexibility index (Phi) is 6.14. The van der Waals surface area contributed by atoms with Crippen molar-refractivity contribution in [3.8, 4) is 0 Å². The molecule has 3 fully saturated rings. The van der Waals surface area contributed by atoms with Crippen LogP contribution in [0.25, 0.3) is 0 Å². The number of amides is 2. The van der Waals surface area contributed by atoms with Crippen LogP contribution in [0.4, 0.5) is 0 Å². The van der Waals surface area contributed by atoms with E-state index in [0.717, 1.165) is 44.7 Å². The van der Waals surface area contributed by atoms with Gasteiger partial charge in [-0.05, 0) is 57.5 Å². The predicted octanol–water partition coefficient (Wildman–Crippen LogP) is 2.00. The van der Waals surface area contributed by atoms with Crippen LogP contribution in [0.2, 0.25) is 0 Å². The van der Waals surface area contributed by atoms with Crippen LogP contribution in [-0.4, -0.2) is 54.3 Å². The Morgan fingerprint density at radius 1 is 0.792 bits per heavy atom. The molecule has 0 aromatic carbocycles. The van der Waals surface area contributed by atoms with E-state index >= 15 is 0 Å². The lowest BCUT2D eigenvalue weighted by Crippen LogP contribution is -2.47. The molecular weight excluding hydrogens is 302 g/mol. The summed E-state index contributed by atoms with van der Waals surface area (Å²) in [6.07, 6.45) is 10.5. The van der Waals surface area contributed by atoms with Crippen molar-refractivity contribution in [1.82, 2.24) is 9.80 Å². The molecule has 0 spiro atoms. The van der Waals surface area contributed by atoms with E-state index < -0.39 is 0 Å². The number of hydrogen-bond acceptors (Lipinski definition) is 3. The maximum absolute atomic E-state index is 12.7. The van der Waals surface area contributed by atoms with Gasteiger partial charge in [0.2, 0.25) is 11.8 Å². The summed E-state index contributed by atoms with van der Waals surface area (Å²) in [6, 6.07) is 0. The molecule has 136 valence electrons. The number of rotatable bonds is 4. The van der Waals surface area contributed by atoms with Gasteiger partial charge in [0, 0.05) is 31.5 Å². The number of piperidine rings is 2. The minimum atomic E-state index is -0.210. The molecule has 0 radical (unpaired) electrons. The lowest BCUT2D eigenvalue weighted by Gasteiger charge is -2.38. The molecule has 0 aromatic rings. The third-order valence-electron chi connectivity index (χ3n) is 6.39. The molecule has 5 heteroatoms. The average Bonchev–Trinajstić information content (AvgIpc) is 2.63. The summed E-state index contributed by atoms with van der Waals surface area (Å²) in [7, 11) is 0. The zero-order valence-corrected chi connectivity index (χ0v) is 14.9. The van der Waals surface area contributed by atoms with Crippen LogP contribution < -0.4 is 5.73 Å². The molecule has 2 N–H and O–H groups in total. The van der Waals surface area contributed by atoms with Gasteiger partial charge in [-0.2, -0.15) is 0 Å². The zero-order valence-electron chi connectivity index (χ0n) is 14.9. The lowest BCUT2D eigenvalue weighted by molar-refractivity contribution is -0.140. The van der Waals surface area contributed by atoms with E-state index in [-0.39, 0.29) is 17.7 Å². The molecule has 0 atom stereocenters. The summed E-state index contributed by atoms with van der Waals surface area (Å²) < 4.78 is 0. The molecule has 2 heterocycles. The van der Waals surface area contributed by atoms with Crippen LogP contribution in [-0.2, 0) is 9.59 Å². The van der Waals surface area contributed by atoms with E-state index in [9.17, 15) is 9.59 Å². The molecule has 2 saturated heterocycles. The van der Waals surface area contributed by atoms with Gasteiger partial charge in [0.25, 0.3) is 0 Å². The van der Waals surface area contributed by atoms with Crippen LogP contribution in [0.15, 0.2) is 0 Å². The maximum Gasteiger partial charge on any atom is 0.225 e. The zero-order chi connectivity index (χ0) is 16.9. The number of carbonyl (C=O) groups is 2. The minimum absolute atomic E-state index is 0.0357. The fraction of sp³-hybridized carbons (Fsp3) is 0.895. The van der Waals surface area contributed by atoms with E-state index in [1.54, 1.807) is 0 Å². The number of hydrogen-bond donors (Lipinski definition) is 1. The molecule has 5 nitrogen and oxygen atoms in total. The summed E-state index contributed by atoms with van der Waals surface area (Å²) in [5.41, 5.74) is 5.38. The highest BCUT2D eigenvalue weighted by Gasteiger charge is 2.32. The van der Waals surface area contributed by atoms with E-state index in [2.05, 4.69) is 4.90 Å². The Hall–Kier alpha value is -1.10. The number of nitrogens with zero attached hydrogens (tertiary/aromatic N) is 2. The van der Waals surface area contributed by atoms with E-state index in [0.29, 0.717) is 19.0 Å². The SMILES string of the molecule is NC(=O)C1CCN(C(=O)C2CCN(CC3CCCCC3)CC2)CC1. The molecule has 0 bridgehead atoms. The van der Waals surface area contributed by atoms with Gasteiger partial charge in [-0.1, -0.05) is 19.3 Å². The third-order valence-corrected chi connectivity index (χ3v) is 6.39. The second-order valence-electron chi connectivity index (χ2n) is 8.08.